The molecule has 0 spiro atoms. The number of thiocarbonyl (C=S) groups is 1. The zero-order valence-corrected chi connectivity index (χ0v) is 13.6. The first kappa shape index (κ1) is 16.4. The number of nitrogens with one attached hydrogen (secondary N) is 1. The van der Waals surface area contributed by atoms with Gasteiger partial charge in [0.25, 0.3) is 0 Å². The summed E-state index contributed by atoms with van der Waals surface area (Å²) in [5.41, 5.74) is 6.86. The highest BCUT2D eigenvalue weighted by Gasteiger charge is 2.20. The quantitative estimate of drug-likeness (QED) is 0.797. The third kappa shape index (κ3) is 4.23. The van der Waals surface area contributed by atoms with Gasteiger partial charge >= 0.3 is 0 Å². The van der Waals surface area contributed by atoms with E-state index in [-0.39, 0.29) is 9.88 Å². The Morgan fingerprint density at radius 1 is 1.43 bits per heavy atom. The number of nitrogens with two attached hydrogens (primary N) is 1. The second kappa shape index (κ2) is 6.83. The predicted octanol–water partition coefficient (Wildman–Crippen LogP) is 1.33. The Bertz CT molecular complexity index is 623. The SMILES string of the molecule is Cc1cc(C(N)=S)ccc1S(=O)(=O)NCC1CCOCC1. The Morgan fingerprint density at radius 3 is 2.67 bits per heavy atom. The summed E-state index contributed by atoms with van der Waals surface area (Å²) in [5, 5.41) is 0. The Morgan fingerprint density at radius 2 is 2.10 bits per heavy atom. The molecule has 2 rings (SSSR count). The van der Waals surface area contributed by atoms with Crippen LogP contribution in [0.1, 0.15) is 24.0 Å². The maximum absolute atomic E-state index is 12.4. The van der Waals surface area contributed by atoms with Crippen LogP contribution in [0.4, 0.5) is 0 Å². The number of benzene rings is 1. The highest BCUT2D eigenvalue weighted by atomic mass is 32.2. The van der Waals surface area contributed by atoms with Crippen molar-refractivity contribution in [2.24, 2.45) is 11.7 Å². The third-order valence-electron chi connectivity index (χ3n) is 3.65. The van der Waals surface area contributed by atoms with E-state index in [2.05, 4.69) is 4.72 Å². The second-order valence-electron chi connectivity index (χ2n) is 5.25. The molecule has 1 aromatic carbocycles. The molecule has 3 N–H and O–H groups in total. The molecular weight excluding hydrogens is 308 g/mol. The lowest BCUT2D eigenvalue weighted by Gasteiger charge is -2.22. The minimum Gasteiger partial charge on any atom is -0.389 e. The molecule has 116 valence electrons. The van der Waals surface area contributed by atoms with Crippen LogP contribution in [0.5, 0.6) is 0 Å². The molecule has 21 heavy (non-hydrogen) atoms. The molecule has 1 heterocycles. The second-order valence-corrected chi connectivity index (χ2v) is 7.43. The molecule has 1 aliphatic heterocycles. The molecule has 1 saturated heterocycles. The molecule has 0 aliphatic carbocycles. The molecule has 7 heteroatoms. The average Bonchev–Trinajstić information content (AvgIpc) is 2.46. The van der Waals surface area contributed by atoms with Crippen LogP contribution in [-0.2, 0) is 14.8 Å². The van der Waals surface area contributed by atoms with Gasteiger partial charge in [-0.05, 0) is 43.4 Å². The van der Waals surface area contributed by atoms with E-state index in [1.807, 2.05) is 0 Å². The standard InChI is InChI=1S/C14H20N2O3S2/c1-10-8-12(14(15)20)2-3-13(10)21(17,18)16-9-11-4-6-19-7-5-11/h2-3,8,11,16H,4-7,9H2,1H3,(H2,15,20). The molecule has 0 unspecified atom stereocenters. The largest absolute Gasteiger partial charge is 0.389 e. The molecular formula is C14H20N2O3S2. The highest BCUT2D eigenvalue weighted by molar-refractivity contribution is 7.89. The lowest BCUT2D eigenvalue weighted by atomic mass is 10.0. The van der Waals surface area contributed by atoms with Gasteiger partial charge in [-0.1, -0.05) is 18.3 Å². The molecule has 5 nitrogen and oxygen atoms in total. The van der Waals surface area contributed by atoms with E-state index in [1.165, 1.54) is 0 Å². The van der Waals surface area contributed by atoms with Gasteiger partial charge in [-0.15, -0.1) is 0 Å². The van der Waals surface area contributed by atoms with E-state index in [9.17, 15) is 8.42 Å². The van der Waals surface area contributed by atoms with Crippen LogP contribution >= 0.6 is 12.2 Å². The van der Waals surface area contributed by atoms with Crippen molar-refractivity contribution in [1.82, 2.24) is 4.72 Å². The molecule has 0 amide bonds. The summed E-state index contributed by atoms with van der Waals surface area (Å²) >= 11 is 4.90. The molecule has 0 atom stereocenters. The fourth-order valence-electron chi connectivity index (χ4n) is 2.36. The Balaban J connectivity index is 2.10. The fourth-order valence-corrected chi connectivity index (χ4v) is 3.83. The van der Waals surface area contributed by atoms with Gasteiger partial charge in [0, 0.05) is 25.3 Å². The topological polar surface area (TPSA) is 81.4 Å². The van der Waals surface area contributed by atoms with Gasteiger partial charge in [0.15, 0.2) is 0 Å². The number of aryl methyl sites for hydroxylation is 1. The lowest BCUT2D eigenvalue weighted by molar-refractivity contribution is 0.0678. The fraction of sp³-hybridized carbons (Fsp3) is 0.500. The minimum atomic E-state index is -3.51. The first-order valence-electron chi connectivity index (χ1n) is 6.88. The Hall–Kier alpha value is -1.02. The van der Waals surface area contributed by atoms with Gasteiger partial charge in [-0.2, -0.15) is 0 Å². The Kier molecular flexibility index (Phi) is 5.32. The van der Waals surface area contributed by atoms with Gasteiger partial charge in [0.2, 0.25) is 10.0 Å². The van der Waals surface area contributed by atoms with E-state index >= 15 is 0 Å². The van der Waals surface area contributed by atoms with Crippen molar-refractivity contribution in [2.75, 3.05) is 19.8 Å². The van der Waals surface area contributed by atoms with Crippen molar-refractivity contribution in [3.8, 4) is 0 Å². The molecule has 1 aromatic rings. The smallest absolute Gasteiger partial charge is 0.240 e. The molecule has 0 saturated carbocycles. The molecule has 0 radical (unpaired) electrons. The van der Waals surface area contributed by atoms with Crippen LogP contribution in [0, 0.1) is 12.8 Å². The highest BCUT2D eigenvalue weighted by Crippen LogP contribution is 2.18. The normalized spacial score (nSPS) is 16.8. The average molecular weight is 328 g/mol. The molecule has 0 aromatic heterocycles. The maximum atomic E-state index is 12.4. The van der Waals surface area contributed by atoms with E-state index in [0.717, 1.165) is 12.8 Å². The van der Waals surface area contributed by atoms with Crippen molar-refractivity contribution in [3.05, 3.63) is 29.3 Å². The molecule has 1 aliphatic rings. The maximum Gasteiger partial charge on any atom is 0.240 e. The zero-order chi connectivity index (χ0) is 15.5. The summed E-state index contributed by atoms with van der Waals surface area (Å²) in [7, 11) is -3.51. The van der Waals surface area contributed by atoms with Crippen molar-refractivity contribution >= 4 is 27.2 Å². The summed E-state index contributed by atoms with van der Waals surface area (Å²) in [4.78, 5) is 0.534. The van der Waals surface area contributed by atoms with Gasteiger partial charge in [-0.25, -0.2) is 13.1 Å². The van der Waals surface area contributed by atoms with Crippen LogP contribution in [0.2, 0.25) is 0 Å². The number of hydrogen-bond donors (Lipinski definition) is 2. The van der Waals surface area contributed by atoms with Gasteiger partial charge < -0.3 is 10.5 Å². The van der Waals surface area contributed by atoms with Crippen LogP contribution in [0.25, 0.3) is 0 Å². The molecule has 0 bridgehead atoms. The summed E-state index contributed by atoms with van der Waals surface area (Å²) in [6.45, 7) is 3.59. The van der Waals surface area contributed by atoms with Crippen molar-refractivity contribution in [3.63, 3.8) is 0 Å². The van der Waals surface area contributed by atoms with Crippen LogP contribution in [0.15, 0.2) is 23.1 Å². The Labute approximate surface area is 130 Å². The number of rotatable bonds is 5. The van der Waals surface area contributed by atoms with Crippen molar-refractivity contribution in [2.45, 2.75) is 24.7 Å². The summed E-state index contributed by atoms with van der Waals surface area (Å²) in [6, 6.07) is 4.89. The van der Waals surface area contributed by atoms with E-state index in [4.69, 9.17) is 22.7 Å². The first-order valence-corrected chi connectivity index (χ1v) is 8.77. The van der Waals surface area contributed by atoms with Crippen LogP contribution < -0.4 is 10.5 Å². The minimum absolute atomic E-state index is 0.261. The first-order chi connectivity index (χ1) is 9.90. The summed E-state index contributed by atoms with van der Waals surface area (Å²) in [6.07, 6.45) is 1.78. The van der Waals surface area contributed by atoms with Gasteiger partial charge in [0.05, 0.1) is 4.90 Å². The van der Waals surface area contributed by atoms with Crippen molar-refractivity contribution < 1.29 is 13.2 Å². The van der Waals surface area contributed by atoms with E-state index in [0.29, 0.717) is 36.8 Å². The predicted molar refractivity (Wildman–Crippen MR) is 85.8 cm³/mol. The zero-order valence-electron chi connectivity index (χ0n) is 12.0. The lowest BCUT2D eigenvalue weighted by Crippen LogP contribution is -2.32. The number of hydrogen-bond acceptors (Lipinski definition) is 4. The van der Waals surface area contributed by atoms with Gasteiger partial charge in [0.1, 0.15) is 4.99 Å². The van der Waals surface area contributed by atoms with Crippen molar-refractivity contribution in [1.29, 1.82) is 0 Å². The van der Waals surface area contributed by atoms with E-state index in [1.54, 1.807) is 25.1 Å². The summed E-state index contributed by atoms with van der Waals surface area (Å²) in [5.74, 6) is 0.338. The number of ether oxygens (including phenoxy) is 1. The molecule has 1 fully saturated rings. The number of sulfonamides is 1. The van der Waals surface area contributed by atoms with E-state index < -0.39 is 10.0 Å². The van der Waals surface area contributed by atoms with Crippen LogP contribution in [-0.4, -0.2) is 33.2 Å². The monoisotopic (exact) mass is 328 g/mol. The van der Waals surface area contributed by atoms with Crippen LogP contribution in [0.3, 0.4) is 0 Å². The summed E-state index contributed by atoms with van der Waals surface area (Å²) < 4.78 is 32.7. The third-order valence-corrected chi connectivity index (χ3v) is 5.47. The van der Waals surface area contributed by atoms with Gasteiger partial charge in [-0.3, -0.25) is 0 Å².